The first-order valence-corrected chi connectivity index (χ1v) is 9.62. The zero-order valence-electron chi connectivity index (χ0n) is 15.6. The van der Waals surface area contributed by atoms with Crippen LogP contribution < -0.4 is 4.90 Å². The molecule has 6 heteroatoms. The number of pyridine rings is 2. The number of carbonyl (C=O) groups is 1. The van der Waals surface area contributed by atoms with E-state index in [-0.39, 0.29) is 12.2 Å². The van der Waals surface area contributed by atoms with Crippen LogP contribution in [-0.4, -0.2) is 41.6 Å². The summed E-state index contributed by atoms with van der Waals surface area (Å²) in [6, 6.07) is 5.37. The molecular weight excluding hydrogens is 345 g/mol. The molecule has 4 rings (SSSR count). The zero-order chi connectivity index (χ0) is 18.8. The first-order valence-electron chi connectivity index (χ1n) is 9.62. The molecule has 2 aliphatic rings. The van der Waals surface area contributed by atoms with Gasteiger partial charge in [0.2, 0.25) is 5.95 Å². The van der Waals surface area contributed by atoms with Gasteiger partial charge in [0.15, 0.2) is 5.78 Å². The molecule has 0 unspecified atom stereocenters. The second-order valence-electron chi connectivity index (χ2n) is 7.34. The smallest absolute Gasteiger partial charge is 0.213 e. The lowest BCUT2D eigenvalue weighted by Crippen LogP contribution is -2.28. The number of fused-ring (bicyclic) bond motifs is 1. The quantitative estimate of drug-likeness (QED) is 0.612. The maximum Gasteiger partial charge on any atom is 0.213 e. The Kier molecular flexibility index (Phi) is 5.16. The number of Topliss-reactive ketones (excluding diaryl/α,β-unsaturated/α-hetero) is 1. The minimum Gasteiger partial charge on any atom is -0.381 e. The van der Waals surface area contributed by atoms with Crippen molar-refractivity contribution in [3.05, 3.63) is 52.7 Å². The first-order chi connectivity index (χ1) is 13.1. The maximum absolute atomic E-state index is 13.4. The van der Waals surface area contributed by atoms with E-state index in [1.165, 1.54) is 12.3 Å². The van der Waals surface area contributed by atoms with Crippen molar-refractivity contribution in [3.63, 3.8) is 0 Å². The molecule has 0 spiro atoms. The van der Waals surface area contributed by atoms with Crippen LogP contribution in [-0.2, 0) is 24.0 Å². The lowest BCUT2D eigenvalue weighted by molar-refractivity contribution is 0.0991. The SMILES string of the molecule is C[C@@H]1CCCN1c1cc(C(=O)Cc2ccnc(F)c2)c2c(n1)CCOCC2. The Morgan fingerprint density at radius 2 is 2.19 bits per heavy atom. The first kappa shape index (κ1) is 18.0. The summed E-state index contributed by atoms with van der Waals surface area (Å²) < 4.78 is 19.0. The van der Waals surface area contributed by atoms with Gasteiger partial charge >= 0.3 is 0 Å². The Morgan fingerprint density at radius 1 is 1.33 bits per heavy atom. The highest BCUT2D eigenvalue weighted by Gasteiger charge is 2.26. The van der Waals surface area contributed by atoms with Crippen LogP contribution in [0.4, 0.5) is 10.2 Å². The van der Waals surface area contributed by atoms with Gasteiger partial charge in [-0.2, -0.15) is 4.39 Å². The molecule has 142 valence electrons. The molecule has 1 fully saturated rings. The topological polar surface area (TPSA) is 55.3 Å². The normalized spacial score (nSPS) is 19.6. The highest BCUT2D eigenvalue weighted by Crippen LogP contribution is 2.29. The number of ether oxygens (including phenoxy) is 1. The molecular formula is C21H24FN3O2. The Balaban J connectivity index is 1.71. The predicted octanol–water partition coefficient (Wildman–Crippen LogP) is 3.15. The average molecular weight is 369 g/mol. The summed E-state index contributed by atoms with van der Waals surface area (Å²) in [5.74, 6) is 0.313. The van der Waals surface area contributed by atoms with E-state index < -0.39 is 5.95 Å². The number of ketones is 1. The number of rotatable bonds is 4. The van der Waals surface area contributed by atoms with Gasteiger partial charge in [0, 0.05) is 42.9 Å². The van der Waals surface area contributed by atoms with Crippen molar-refractivity contribution in [3.8, 4) is 0 Å². The van der Waals surface area contributed by atoms with E-state index in [1.807, 2.05) is 6.07 Å². The summed E-state index contributed by atoms with van der Waals surface area (Å²) in [6.07, 6.45) is 5.24. The van der Waals surface area contributed by atoms with Gasteiger partial charge in [-0.05, 0) is 55.5 Å². The van der Waals surface area contributed by atoms with Crippen LogP contribution in [0.1, 0.15) is 46.9 Å². The predicted molar refractivity (Wildman–Crippen MR) is 101 cm³/mol. The van der Waals surface area contributed by atoms with E-state index in [9.17, 15) is 9.18 Å². The average Bonchev–Trinajstić information content (AvgIpc) is 2.93. The van der Waals surface area contributed by atoms with E-state index in [0.717, 1.165) is 42.9 Å². The summed E-state index contributed by atoms with van der Waals surface area (Å²) in [5.41, 5.74) is 3.30. The fraction of sp³-hybridized carbons (Fsp3) is 0.476. The van der Waals surface area contributed by atoms with Crippen LogP contribution in [0.25, 0.3) is 0 Å². The molecule has 0 radical (unpaired) electrons. The standard InChI is InChI=1S/C21H24FN3O2/c1-14-3-2-8-25(14)21-13-17(16-5-9-27-10-6-18(16)24-21)19(26)11-15-4-7-23-20(22)12-15/h4,7,12-14H,2-3,5-6,8-11H2,1H3/t14-/m1/s1. The fourth-order valence-electron chi connectivity index (χ4n) is 4.04. The minimum atomic E-state index is -0.561. The van der Waals surface area contributed by atoms with Gasteiger partial charge in [-0.15, -0.1) is 0 Å². The number of hydrogen-bond acceptors (Lipinski definition) is 5. The van der Waals surface area contributed by atoms with Gasteiger partial charge in [0.05, 0.1) is 13.2 Å². The van der Waals surface area contributed by atoms with Crippen molar-refractivity contribution < 1.29 is 13.9 Å². The Morgan fingerprint density at radius 3 is 2.96 bits per heavy atom. The van der Waals surface area contributed by atoms with Crippen LogP contribution in [0.2, 0.25) is 0 Å². The van der Waals surface area contributed by atoms with Gasteiger partial charge in [-0.25, -0.2) is 9.97 Å². The summed E-state index contributed by atoms with van der Waals surface area (Å²) in [4.78, 5) is 23.9. The van der Waals surface area contributed by atoms with E-state index in [4.69, 9.17) is 9.72 Å². The maximum atomic E-state index is 13.4. The molecule has 0 saturated carbocycles. The highest BCUT2D eigenvalue weighted by molar-refractivity contribution is 5.99. The lowest BCUT2D eigenvalue weighted by atomic mass is 9.95. The van der Waals surface area contributed by atoms with Gasteiger partial charge in [-0.3, -0.25) is 4.79 Å². The van der Waals surface area contributed by atoms with Gasteiger partial charge in [-0.1, -0.05) is 0 Å². The molecule has 5 nitrogen and oxygen atoms in total. The number of aromatic nitrogens is 2. The second-order valence-corrected chi connectivity index (χ2v) is 7.34. The van der Waals surface area contributed by atoms with Gasteiger partial charge < -0.3 is 9.64 Å². The minimum absolute atomic E-state index is 0.00532. The van der Waals surface area contributed by atoms with E-state index in [2.05, 4.69) is 16.8 Å². The monoisotopic (exact) mass is 369 g/mol. The van der Waals surface area contributed by atoms with Crippen molar-refractivity contribution in [2.24, 2.45) is 0 Å². The Bertz CT molecular complexity index is 855. The van der Waals surface area contributed by atoms with Crippen molar-refractivity contribution in [1.82, 2.24) is 9.97 Å². The third-order valence-corrected chi connectivity index (χ3v) is 5.48. The lowest BCUT2D eigenvalue weighted by Gasteiger charge is -2.25. The van der Waals surface area contributed by atoms with E-state index in [1.54, 1.807) is 6.07 Å². The molecule has 0 aliphatic carbocycles. The number of carbonyl (C=O) groups excluding carboxylic acids is 1. The van der Waals surface area contributed by atoms with Crippen LogP contribution in [0, 0.1) is 5.95 Å². The van der Waals surface area contributed by atoms with Crippen LogP contribution in [0.3, 0.4) is 0 Å². The van der Waals surface area contributed by atoms with Crippen LogP contribution in [0.15, 0.2) is 24.4 Å². The molecule has 27 heavy (non-hydrogen) atoms. The molecule has 2 aliphatic heterocycles. The molecule has 0 aromatic carbocycles. The van der Waals surface area contributed by atoms with Crippen molar-refractivity contribution in [2.75, 3.05) is 24.7 Å². The van der Waals surface area contributed by atoms with Crippen molar-refractivity contribution >= 4 is 11.6 Å². The Hall–Kier alpha value is -2.34. The van der Waals surface area contributed by atoms with E-state index >= 15 is 0 Å². The number of hydrogen-bond donors (Lipinski definition) is 0. The molecule has 0 N–H and O–H groups in total. The fourth-order valence-corrected chi connectivity index (χ4v) is 4.04. The molecule has 1 atom stereocenters. The largest absolute Gasteiger partial charge is 0.381 e. The summed E-state index contributed by atoms with van der Waals surface area (Å²) in [6.45, 7) is 4.39. The summed E-state index contributed by atoms with van der Waals surface area (Å²) in [5, 5.41) is 0. The number of nitrogens with zero attached hydrogens (tertiary/aromatic N) is 3. The van der Waals surface area contributed by atoms with Crippen LogP contribution >= 0.6 is 0 Å². The number of halogens is 1. The van der Waals surface area contributed by atoms with E-state index in [0.29, 0.717) is 36.8 Å². The molecule has 1 saturated heterocycles. The van der Waals surface area contributed by atoms with Crippen molar-refractivity contribution in [2.45, 2.75) is 45.1 Å². The third kappa shape index (κ3) is 3.86. The second kappa shape index (κ2) is 7.72. The molecule has 2 aromatic rings. The summed E-state index contributed by atoms with van der Waals surface area (Å²) >= 11 is 0. The number of anilines is 1. The van der Waals surface area contributed by atoms with Crippen LogP contribution in [0.5, 0.6) is 0 Å². The highest BCUT2D eigenvalue weighted by atomic mass is 19.1. The molecule has 4 heterocycles. The molecule has 0 amide bonds. The molecule has 2 aromatic heterocycles. The van der Waals surface area contributed by atoms with Gasteiger partial charge in [0.25, 0.3) is 0 Å². The van der Waals surface area contributed by atoms with Crippen molar-refractivity contribution in [1.29, 1.82) is 0 Å². The molecule has 0 bridgehead atoms. The van der Waals surface area contributed by atoms with Gasteiger partial charge in [0.1, 0.15) is 5.82 Å². The third-order valence-electron chi connectivity index (χ3n) is 5.48. The Labute approximate surface area is 158 Å². The zero-order valence-corrected chi connectivity index (χ0v) is 15.6. The summed E-state index contributed by atoms with van der Waals surface area (Å²) in [7, 11) is 0.